The molecule has 0 spiro atoms. The van der Waals surface area contributed by atoms with Gasteiger partial charge >= 0.3 is 0 Å². The van der Waals surface area contributed by atoms with Crippen molar-refractivity contribution in [2.24, 2.45) is 0 Å². The molecule has 0 fully saturated rings. The average molecular weight is 341 g/mol. The normalized spacial score (nSPS) is 11.2. The molecule has 0 unspecified atom stereocenters. The number of sulfonamides is 1. The summed E-state index contributed by atoms with van der Waals surface area (Å²) in [5.41, 5.74) is 1.53. The summed E-state index contributed by atoms with van der Waals surface area (Å²) in [6.07, 6.45) is 3.32. The summed E-state index contributed by atoms with van der Waals surface area (Å²) < 4.78 is 27.6. The molecule has 1 heterocycles. The van der Waals surface area contributed by atoms with Crippen molar-refractivity contribution < 1.29 is 13.2 Å². The molecule has 6 nitrogen and oxygen atoms in total. The Kier molecular flexibility index (Phi) is 4.18. The van der Waals surface area contributed by atoms with Crippen LogP contribution in [0.2, 0.25) is 0 Å². The SMILES string of the molecule is CC(=O)c1cccc(S(=O)(=O)Nc2cccc(-c3ncc[nH]3)c2)c1. The van der Waals surface area contributed by atoms with Crippen LogP contribution in [0.15, 0.2) is 65.8 Å². The Hall–Kier alpha value is -2.93. The van der Waals surface area contributed by atoms with Crippen LogP contribution in [-0.4, -0.2) is 24.2 Å². The van der Waals surface area contributed by atoms with Crippen LogP contribution in [0.3, 0.4) is 0 Å². The second-order valence-corrected chi connectivity index (χ2v) is 6.89. The summed E-state index contributed by atoms with van der Waals surface area (Å²) in [5.74, 6) is 0.460. The molecule has 0 atom stereocenters. The monoisotopic (exact) mass is 341 g/mol. The molecule has 0 aliphatic rings. The smallest absolute Gasteiger partial charge is 0.261 e. The van der Waals surface area contributed by atoms with Gasteiger partial charge in [-0.1, -0.05) is 24.3 Å². The topological polar surface area (TPSA) is 91.9 Å². The van der Waals surface area contributed by atoms with Crippen molar-refractivity contribution in [1.29, 1.82) is 0 Å². The molecule has 0 bridgehead atoms. The number of Topliss-reactive ketones (excluding diaryl/α,β-unsaturated/α-hetero) is 1. The fraction of sp³-hybridized carbons (Fsp3) is 0.0588. The van der Waals surface area contributed by atoms with Crippen LogP contribution in [0.25, 0.3) is 11.4 Å². The predicted octanol–water partition coefficient (Wildman–Crippen LogP) is 3.08. The minimum atomic E-state index is -3.79. The van der Waals surface area contributed by atoms with Gasteiger partial charge in [0.05, 0.1) is 4.90 Å². The number of hydrogen-bond donors (Lipinski definition) is 2. The lowest BCUT2D eigenvalue weighted by molar-refractivity contribution is 0.101. The molecule has 0 aliphatic carbocycles. The lowest BCUT2D eigenvalue weighted by Gasteiger charge is -2.10. The Balaban J connectivity index is 1.91. The maximum absolute atomic E-state index is 12.5. The number of H-pyrrole nitrogens is 1. The molecule has 3 aromatic rings. The number of anilines is 1. The molecule has 0 amide bonds. The summed E-state index contributed by atoms with van der Waals surface area (Å²) in [6, 6.07) is 12.8. The second kappa shape index (κ2) is 6.29. The van der Waals surface area contributed by atoms with E-state index in [9.17, 15) is 13.2 Å². The number of rotatable bonds is 5. The van der Waals surface area contributed by atoms with Gasteiger partial charge in [0.15, 0.2) is 5.78 Å². The van der Waals surface area contributed by atoms with Gasteiger partial charge in [-0.15, -0.1) is 0 Å². The first-order valence-corrected chi connectivity index (χ1v) is 8.68. The van der Waals surface area contributed by atoms with Crippen molar-refractivity contribution in [2.75, 3.05) is 4.72 Å². The van der Waals surface area contributed by atoms with E-state index in [1.165, 1.54) is 19.1 Å². The number of imidazole rings is 1. The molecule has 2 N–H and O–H groups in total. The first-order valence-electron chi connectivity index (χ1n) is 7.19. The largest absolute Gasteiger partial charge is 0.345 e. The number of nitrogens with one attached hydrogen (secondary N) is 2. The van der Waals surface area contributed by atoms with Gasteiger partial charge in [-0.3, -0.25) is 9.52 Å². The Morgan fingerprint density at radius 3 is 2.62 bits per heavy atom. The zero-order valence-corrected chi connectivity index (χ0v) is 13.7. The Labute approximate surface area is 139 Å². The van der Waals surface area contributed by atoms with Crippen LogP contribution in [-0.2, 0) is 10.0 Å². The summed E-state index contributed by atoms with van der Waals surface area (Å²) in [5, 5.41) is 0. The molecule has 0 saturated carbocycles. The molecular formula is C17H15N3O3S. The molecular weight excluding hydrogens is 326 g/mol. The third-order valence-corrected chi connectivity index (χ3v) is 4.82. The van der Waals surface area contributed by atoms with Gasteiger partial charge in [-0.25, -0.2) is 13.4 Å². The van der Waals surface area contributed by atoms with Crippen LogP contribution in [0, 0.1) is 0 Å². The Bertz CT molecular complexity index is 980. The first-order chi connectivity index (χ1) is 11.5. The number of aromatic nitrogens is 2. The fourth-order valence-corrected chi connectivity index (χ4v) is 3.34. The maximum atomic E-state index is 12.5. The molecule has 7 heteroatoms. The van der Waals surface area contributed by atoms with E-state index in [1.807, 2.05) is 6.07 Å². The minimum absolute atomic E-state index is 0.0404. The number of nitrogens with zero attached hydrogens (tertiary/aromatic N) is 1. The zero-order chi connectivity index (χ0) is 17.2. The minimum Gasteiger partial charge on any atom is -0.345 e. The summed E-state index contributed by atoms with van der Waals surface area (Å²) in [6.45, 7) is 1.39. The van der Waals surface area contributed by atoms with Crippen LogP contribution >= 0.6 is 0 Å². The van der Waals surface area contributed by atoms with Gasteiger partial charge in [-0.05, 0) is 31.2 Å². The lowest BCUT2D eigenvalue weighted by atomic mass is 10.2. The number of aromatic amines is 1. The molecule has 2 aromatic carbocycles. The van der Waals surface area contributed by atoms with Gasteiger partial charge in [0.25, 0.3) is 10.0 Å². The highest BCUT2D eigenvalue weighted by molar-refractivity contribution is 7.92. The summed E-state index contributed by atoms with van der Waals surface area (Å²) >= 11 is 0. The number of carbonyl (C=O) groups excluding carboxylic acids is 1. The van der Waals surface area contributed by atoms with E-state index < -0.39 is 10.0 Å². The van der Waals surface area contributed by atoms with Crippen LogP contribution in [0.5, 0.6) is 0 Å². The van der Waals surface area contributed by atoms with Crippen LogP contribution in [0.1, 0.15) is 17.3 Å². The average Bonchev–Trinajstić information content (AvgIpc) is 3.09. The fourth-order valence-electron chi connectivity index (χ4n) is 2.25. The lowest BCUT2D eigenvalue weighted by Crippen LogP contribution is -2.13. The first kappa shape index (κ1) is 15.9. The quantitative estimate of drug-likeness (QED) is 0.698. The van der Waals surface area contributed by atoms with Crippen LogP contribution < -0.4 is 4.72 Å². The van der Waals surface area contributed by atoms with Crippen molar-refractivity contribution in [3.63, 3.8) is 0 Å². The van der Waals surface area contributed by atoms with Crippen molar-refractivity contribution in [1.82, 2.24) is 9.97 Å². The zero-order valence-electron chi connectivity index (χ0n) is 12.9. The number of hydrogen-bond acceptors (Lipinski definition) is 4. The summed E-state index contributed by atoms with van der Waals surface area (Å²) in [7, 11) is -3.79. The van der Waals surface area contributed by atoms with E-state index in [0.29, 0.717) is 17.1 Å². The molecule has 3 rings (SSSR count). The maximum Gasteiger partial charge on any atom is 0.261 e. The van der Waals surface area contributed by atoms with E-state index in [2.05, 4.69) is 14.7 Å². The van der Waals surface area contributed by atoms with Crippen molar-refractivity contribution >= 4 is 21.5 Å². The highest BCUT2D eigenvalue weighted by Gasteiger charge is 2.16. The third kappa shape index (κ3) is 3.36. The van der Waals surface area contributed by atoms with E-state index >= 15 is 0 Å². The molecule has 1 aromatic heterocycles. The van der Waals surface area contributed by atoms with Gasteiger partial charge < -0.3 is 4.98 Å². The highest BCUT2D eigenvalue weighted by atomic mass is 32.2. The van der Waals surface area contributed by atoms with Crippen molar-refractivity contribution in [3.05, 3.63) is 66.5 Å². The molecule has 0 radical (unpaired) electrons. The highest BCUT2D eigenvalue weighted by Crippen LogP contribution is 2.22. The molecule has 0 saturated heterocycles. The Morgan fingerprint density at radius 2 is 1.92 bits per heavy atom. The Morgan fingerprint density at radius 1 is 1.12 bits per heavy atom. The third-order valence-electron chi connectivity index (χ3n) is 3.44. The number of benzene rings is 2. The van der Waals surface area contributed by atoms with E-state index in [1.54, 1.807) is 42.7 Å². The van der Waals surface area contributed by atoms with Gasteiger partial charge in [-0.2, -0.15) is 0 Å². The number of ketones is 1. The van der Waals surface area contributed by atoms with Crippen LogP contribution in [0.4, 0.5) is 5.69 Å². The number of carbonyl (C=O) groups is 1. The van der Waals surface area contributed by atoms with E-state index in [-0.39, 0.29) is 10.7 Å². The van der Waals surface area contributed by atoms with E-state index in [4.69, 9.17) is 0 Å². The van der Waals surface area contributed by atoms with Gasteiger partial charge in [0, 0.05) is 29.2 Å². The predicted molar refractivity (Wildman–Crippen MR) is 91.3 cm³/mol. The standard InChI is InChI=1S/C17H15N3O3S/c1-12(21)13-4-3-7-16(11-13)24(22,23)20-15-6-2-5-14(10-15)17-18-8-9-19-17/h2-11,20H,1H3,(H,18,19). The van der Waals surface area contributed by atoms with Crippen molar-refractivity contribution in [2.45, 2.75) is 11.8 Å². The van der Waals surface area contributed by atoms with Gasteiger partial charge in [0.1, 0.15) is 5.82 Å². The molecule has 122 valence electrons. The molecule has 0 aliphatic heterocycles. The van der Waals surface area contributed by atoms with Gasteiger partial charge in [0.2, 0.25) is 0 Å². The summed E-state index contributed by atoms with van der Waals surface area (Å²) in [4.78, 5) is 18.6. The van der Waals surface area contributed by atoms with Crippen molar-refractivity contribution in [3.8, 4) is 11.4 Å². The molecule has 24 heavy (non-hydrogen) atoms. The van der Waals surface area contributed by atoms with E-state index in [0.717, 1.165) is 5.56 Å². The second-order valence-electron chi connectivity index (χ2n) is 5.21.